The summed E-state index contributed by atoms with van der Waals surface area (Å²) >= 11 is 0. The van der Waals surface area contributed by atoms with Gasteiger partial charge in [-0.05, 0) is 32.6 Å². The normalized spacial score (nSPS) is 42.8. The minimum absolute atomic E-state index is 0.0281. The van der Waals surface area contributed by atoms with E-state index in [4.69, 9.17) is 14.2 Å². The molecule has 0 spiro atoms. The first kappa shape index (κ1) is 11.9. The fourth-order valence-electron chi connectivity index (χ4n) is 2.81. The predicted octanol–water partition coefficient (Wildman–Crippen LogP) is 1.67. The average Bonchev–Trinajstić information content (AvgIpc) is 2.98. The highest BCUT2D eigenvalue weighted by atomic mass is 16.7. The highest BCUT2D eigenvalue weighted by Crippen LogP contribution is 2.55. The van der Waals surface area contributed by atoms with Crippen LogP contribution in [0.4, 0.5) is 0 Å². The summed E-state index contributed by atoms with van der Waals surface area (Å²) in [6, 6.07) is 0. The highest BCUT2D eigenvalue weighted by molar-refractivity contribution is 5.84. The molecule has 0 N–H and O–H groups in total. The smallest absolute Gasteiger partial charge is 0.341 e. The van der Waals surface area contributed by atoms with Gasteiger partial charge in [-0.1, -0.05) is 6.92 Å². The zero-order valence-electron chi connectivity index (χ0n) is 10.2. The van der Waals surface area contributed by atoms with Crippen LogP contribution in [-0.2, 0) is 19.0 Å². The predicted molar refractivity (Wildman–Crippen MR) is 58.1 cm³/mol. The third-order valence-corrected chi connectivity index (χ3v) is 3.95. The number of hydrogen-bond acceptors (Lipinski definition) is 4. The van der Waals surface area contributed by atoms with Crippen molar-refractivity contribution in [3.05, 3.63) is 0 Å². The number of epoxide rings is 1. The Morgan fingerprint density at radius 2 is 2.25 bits per heavy atom. The fraction of sp³-hybridized carbons (Fsp3) is 0.917. The third kappa shape index (κ3) is 1.47. The lowest BCUT2D eigenvalue weighted by molar-refractivity contribution is -0.147. The summed E-state index contributed by atoms with van der Waals surface area (Å²) in [5, 5.41) is 0. The monoisotopic (exact) mass is 228 g/mol. The van der Waals surface area contributed by atoms with Crippen molar-refractivity contribution in [3.8, 4) is 0 Å². The van der Waals surface area contributed by atoms with Crippen LogP contribution < -0.4 is 0 Å². The molecule has 2 aliphatic rings. The first-order valence-electron chi connectivity index (χ1n) is 6.01. The van der Waals surface area contributed by atoms with Gasteiger partial charge >= 0.3 is 5.97 Å². The van der Waals surface area contributed by atoms with Crippen LogP contribution in [0.2, 0.25) is 0 Å². The van der Waals surface area contributed by atoms with Gasteiger partial charge in [0.25, 0.3) is 0 Å². The summed E-state index contributed by atoms with van der Waals surface area (Å²) in [5.74, 6) is -0.272. The van der Waals surface area contributed by atoms with Gasteiger partial charge in [0.05, 0.1) is 13.2 Å². The first-order valence-corrected chi connectivity index (χ1v) is 6.01. The van der Waals surface area contributed by atoms with Crippen LogP contribution in [0.5, 0.6) is 0 Å². The summed E-state index contributed by atoms with van der Waals surface area (Å²) in [6.45, 7) is 4.68. The van der Waals surface area contributed by atoms with E-state index in [1.165, 1.54) is 7.11 Å². The van der Waals surface area contributed by atoms with E-state index in [1.54, 1.807) is 0 Å². The van der Waals surface area contributed by atoms with E-state index in [9.17, 15) is 4.79 Å². The van der Waals surface area contributed by atoms with Gasteiger partial charge in [0.15, 0.2) is 5.60 Å². The van der Waals surface area contributed by atoms with Gasteiger partial charge < -0.3 is 14.2 Å². The second kappa shape index (κ2) is 4.00. The second-order valence-electron chi connectivity index (χ2n) is 4.74. The molecule has 0 aromatic heterocycles. The van der Waals surface area contributed by atoms with E-state index in [1.807, 2.05) is 13.8 Å². The van der Waals surface area contributed by atoms with Crippen molar-refractivity contribution in [1.29, 1.82) is 0 Å². The summed E-state index contributed by atoms with van der Waals surface area (Å²) < 4.78 is 16.3. The lowest BCUT2D eigenvalue weighted by atomic mass is 9.84. The van der Waals surface area contributed by atoms with Gasteiger partial charge in [-0.3, -0.25) is 0 Å². The Bertz CT molecular complexity index is 285. The quantitative estimate of drug-likeness (QED) is 0.544. The molecule has 4 heteroatoms. The van der Waals surface area contributed by atoms with Crippen molar-refractivity contribution < 1.29 is 19.0 Å². The Labute approximate surface area is 96.2 Å². The highest BCUT2D eigenvalue weighted by Gasteiger charge is 2.75. The van der Waals surface area contributed by atoms with Crippen LogP contribution in [0.1, 0.15) is 39.5 Å². The molecule has 0 aromatic carbocycles. The first-order chi connectivity index (χ1) is 7.60. The number of carbonyl (C=O) groups excluding carboxylic acids is 1. The maximum atomic E-state index is 11.8. The zero-order chi connectivity index (χ0) is 11.8. The zero-order valence-corrected chi connectivity index (χ0v) is 10.2. The van der Waals surface area contributed by atoms with Crippen molar-refractivity contribution >= 4 is 5.97 Å². The van der Waals surface area contributed by atoms with Crippen LogP contribution >= 0.6 is 0 Å². The largest absolute Gasteiger partial charge is 0.467 e. The molecule has 2 rings (SSSR count). The van der Waals surface area contributed by atoms with Gasteiger partial charge in [0.2, 0.25) is 0 Å². The molecule has 16 heavy (non-hydrogen) atoms. The minimum atomic E-state index is -0.774. The second-order valence-corrected chi connectivity index (χ2v) is 4.74. The number of hydrogen-bond donors (Lipinski definition) is 0. The van der Waals surface area contributed by atoms with E-state index in [-0.39, 0.29) is 12.1 Å². The van der Waals surface area contributed by atoms with Crippen LogP contribution in [0.25, 0.3) is 0 Å². The number of esters is 1. The van der Waals surface area contributed by atoms with Gasteiger partial charge in [-0.25, -0.2) is 4.79 Å². The lowest BCUT2D eigenvalue weighted by Crippen LogP contribution is -2.43. The topological polar surface area (TPSA) is 48.1 Å². The molecule has 92 valence electrons. The van der Waals surface area contributed by atoms with Gasteiger partial charge in [-0.2, -0.15) is 0 Å². The van der Waals surface area contributed by atoms with Crippen LogP contribution in [0, 0.1) is 0 Å². The number of methoxy groups -OCH3 is 1. The Morgan fingerprint density at radius 1 is 1.50 bits per heavy atom. The molecule has 2 heterocycles. The van der Waals surface area contributed by atoms with Gasteiger partial charge in [0, 0.05) is 6.61 Å². The standard InChI is InChI=1S/C12H20O4/c1-4-12(10(13)14-3)11(2,16-12)9-7-5-6-8-15-9/h9H,4-8H2,1-3H3. The maximum Gasteiger partial charge on any atom is 0.341 e. The van der Waals surface area contributed by atoms with E-state index >= 15 is 0 Å². The van der Waals surface area contributed by atoms with Gasteiger partial charge in [0.1, 0.15) is 5.60 Å². The minimum Gasteiger partial charge on any atom is -0.467 e. The van der Waals surface area contributed by atoms with Crippen molar-refractivity contribution in [2.24, 2.45) is 0 Å². The average molecular weight is 228 g/mol. The molecular weight excluding hydrogens is 208 g/mol. The molecule has 0 aromatic rings. The molecule has 0 aliphatic carbocycles. The van der Waals surface area contributed by atoms with Crippen molar-refractivity contribution in [1.82, 2.24) is 0 Å². The number of rotatable bonds is 3. The summed E-state index contributed by atoms with van der Waals surface area (Å²) in [5.41, 5.74) is -1.26. The van der Waals surface area contributed by atoms with E-state index in [2.05, 4.69) is 0 Å². The molecular formula is C12H20O4. The Balaban J connectivity index is 2.12. The van der Waals surface area contributed by atoms with Crippen LogP contribution in [-0.4, -0.2) is 37.0 Å². The fourth-order valence-corrected chi connectivity index (χ4v) is 2.81. The van der Waals surface area contributed by atoms with Gasteiger partial charge in [-0.15, -0.1) is 0 Å². The molecule has 2 saturated heterocycles. The summed E-state index contributed by atoms with van der Waals surface area (Å²) in [7, 11) is 1.41. The van der Waals surface area contributed by atoms with Crippen LogP contribution in [0.3, 0.4) is 0 Å². The Hall–Kier alpha value is -0.610. The lowest BCUT2D eigenvalue weighted by Gasteiger charge is -2.27. The molecule has 0 saturated carbocycles. The Morgan fingerprint density at radius 3 is 2.75 bits per heavy atom. The molecule has 3 unspecified atom stereocenters. The molecule has 0 bridgehead atoms. The molecule has 0 radical (unpaired) electrons. The molecule has 0 amide bonds. The molecule has 2 aliphatic heterocycles. The third-order valence-electron chi connectivity index (χ3n) is 3.95. The van der Waals surface area contributed by atoms with Crippen molar-refractivity contribution in [3.63, 3.8) is 0 Å². The Kier molecular flexibility index (Phi) is 2.97. The number of carbonyl (C=O) groups is 1. The molecule has 4 nitrogen and oxygen atoms in total. The van der Waals surface area contributed by atoms with Crippen molar-refractivity contribution in [2.45, 2.75) is 56.8 Å². The van der Waals surface area contributed by atoms with E-state index in [0.717, 1.165) is 25.9 Å². The van der Waals surface area contributed by atoms with E-state index < -0.39 is 11.2 Å². The van der Waals surface area contributed by atoms with Crippen molar-refractivity contribution in [2.75, 3.05) is 13.7 Å². The number of ether oxygens (including phenoxy) is 3. The maximum absolute atomic E-state index is 11.8. The SMILES string of the molecule is CCC1(C(=O)OC)OC1(C)C1CCCCO1. The molecule has 3 atom stereocenters. The summed E-state index contributed by atoms with van der Waals surface area (Å²) in [4.78, 5) is 11.8. The van der Waals surface area contributed by atoms with E-state index in [0.29, 0.717) is 6.42 Å². The molecule has 2 fully saturated rings. The van der Waals surface area contributed by atoms with Crippen LogP contribution in [0.15, 0.2) is 0 Å². The summed E-state index contributed by atoms with van der Waals surface area (Å²) in [6.07, 6.45) is 3.88.